The predicted molar refractivity (Wildman–Crippen MR) is 194 cm³/mol. The van der Waals surface area contributed by atoms with E-state index in [1.807, 2.05) is 0 Å². The van der Waals surface area contributed by atoms with Crippen LogP contribution >= 0.6 is 0 Å². The molecule has 0 radical (unpaired) electrons. The van der Waals surface area contributed by atoms with Crippen LogP contribution in [0.5, 0.6) is 0 Å². The van der Waals surface area contributed by atoms with E-state index in [4.69, 9.17) is 18.6 Å². The summed E-state index contributed by atoms with van der Waals surface area (Å²) in [5.41, 5.74) is 7.74. The molecule has 7 rings (SSSR count). The second-order valence-corrected chi connectivity index (χ2v) is 15.8. The van der Waals surface area contributed by atoms with Crippen LogP contribution < -0.4 is 10.9 Å². The van der Waals surface area contributed by atoms with Crippen LogP contribution in [0.1, 0.15) is 99.0 Å². The van der Waals surface area contributed by atoms with Gasteiger partial charge in [-0.2, -0.15) is 0 Å². The molecule has 3 fully saturated rings. The first-order chi connectivity index (χ1) is 22.2. The van der Waals surface area contributed by atoms with E-state index in [1.165, 1.54) is 37.7 Å². The second kappa shape index (κ2) is 11.8. The minimum Gasteiger partial charge on any atom is -0.399 e. The first kappa shape index (κ1) is 32.5. The maximum Gasteiger partial charge on any atom is 0.494 e. The van der Waals surface area contributed by atoms with Gasteiger partial charge in [0, 0.05) is 5.69 Å². The molecule has 3 aliphatic rings. The van der Waals surface area contributed by atoms with Gasteiger partial charge < -0.3 is 23.2 Å². The summed E-state index contributed by atoms with van der Waals surface area (Å²) in [6, 6.07) is 31.1. The lowest BCUT2D eigenvalue weighted by atomic mass is 9.78. The molecule has 5 nitrogen and oxygen atoms in total. The van der Waals surface area contributed by atoms with Gasteiger partial charge in [0.15, 0.2) is 0 Å². The quantitative estimate of drug-likeness (QED) is 0.201. The lowest BCUT2D eigenvalue weighted by Crippen LogP contribution is -2.41. The zero-order valence-electron chi connectivity index (χ0n) is 29.4. The highest BCUT2D eigenvalue weighted by atomic mass is 16.7. The number of aromatic nitrogens is 1. The lowest BCUT2D eigenvalue weighted by Gasteiger charge is -2.32. The van der Waals surface area contributed by atoms with Gasteiger partial charge in [-0.25, -0.2) is 0 Å². The highest BCUT2D eigenvalue weighted by molar-refractivity contribution is 6.62. The molecular formula is C40H49B2NO4. The Kier molecular flexibility index (Phi) is 8.15. The van der Waals surface area contributed by atoms with Gasteiger partial charge in [-0.05, 0) is 126 Å². The van der Waals surface area contributed by atoms with Crippen LogP contribution in [0.25, 0.3) is 28.2 Å². The molecule has 0 N–H and O–H groups in total. The van der Waals surface area contributed by atoms with Crippen LogP contribution in [0.15, 0.2) is 84.9 Å². The van der Waals surface area contributed by atoms with Crippen molar-refractivity contribution in [3.63, 3.8) is 0 Å². The van der Waals surface area contributed by atoms with E-state index in [1.54, 1.807) is 0 Å². The Morgan fingerprint density at radius 2 is 0.872 bits per heavy atom. The third-order valence-electron chi connectivity index (χ3n) is 11.6. The molecule has 3 heterocycles. The molecule has 4 aromatic rings. The highest BCUT2D eigenvalue weighted by Gasteiger charge is 2.52. The van der Waals surface area contributed by atoms with Crippen molar-refractivity contribution in [3.8, 4) is 28.2 Å². The minimum atomic E-state index is -0.383. The molecule has 0 atom stereocenters. The van der Waals surface area contributed by atoms with Crippen LogP contribution in [0.4, 0.5) is 0 Å². The predicted octanol–water partition coefficient (Wildman–Crippen LogP) is 8.46. The summed E-state index contributed by atoms with van der Waals surface area (Å²) in [6.07, 6.45) is 6.63. The summed E-state index contributed by atoms with van der Waals surface area (Å²) in [7, 11) is -0.766. The van der Waals surface area contributed by atoms with Gasteiger partial charge in [0.25, 0.3) is 0 Å². The molecule has 0 bridgehead atoms. The Bertz CT molecular complexity index is 1590. The summed E-state index contributed by atoms with van der Waals surface area (Å²) in [4.78, 5) is 0. The van der Waals surface area contributed by atoms with E-state index in [2.05, 4.69) is 145 Å². The molecular weight excluding hydrogens is 580 g/mol. The van der Waals surface area contributed by atoms with Gasteiger partial charge in [-0.15, -0.1) is 0 Å². The van der Waals surface area contributed by atoms with Crippen molar-refractivity contribution in [2.45, 2.75) is 116 Å². The van der Waals surface area contributed by atoms with Crippen molar-refractivity contribution in [1.29, 1.82) is 0 Å². The maximum atomic E-state index is 6.34. The van der Waals surface area contributed by atoms with Crippen molar-refractivity contribution in [2.75, 3.05) is 0 Å². The number of benzene rings is 3. The molecule has 0 spiro atoms. The summed E-state index contributed by atoms with van der Waals surface area (Å²) in [5.74, 6) is 0.673. The minimum absolute atomic E-state index is 0.373. The van der Waals surface area contributed by atoms with Crippen molar-refractivity contribution < 1.29 is 18.6 Å². The molecule has 0 unspecified atom stereocenters. The smallest absolute Gasteiger partial charge is 0.399 e. The van der Waals surface area contributed by atoms with E-state index in [0.717, 1.165) is 39.1 Å². The van der Waals surface area contributed by atoms with Crippen molar-refractivity contribution >= 4 is 25.2 Å². The Morgan fingerprint density at radius 1 is 0.489 bits per heavy atom. The van der Waals surface area contributed by atoms with Crippen molar-refractivity contribution in [3.05, 3.63) is 90.5 Å². The Morgan fingerprint density at radius 3 is 1.26 bits per heavy atom. The van der Waals surface area contributed by atoms with Crippen LogP contribution in [0.2, 0.25) is 0 Å². The lowest BCUT2D eigenvalue weighted by molar-refractivity contribution is 0.00578. The van der Waals surface area contributed by atoms with Crippen LogP contribution in [-0.2, 0) is 18.6 Å². The molecule has 1 aliphatic carbocycles. The fourth-order valence-corrected chi connectivity index (χ4v) is 7.08. The Balaban J connectivity index is 1.23. The van der Waals surface area contributed by atoms with Crippen molar-refractivity contribution in [2.24, 2.45) is 0 Å². The van der Waals surface area contributed by atoms with Gasteiger partial charge in [0.1, 0.15) is 0 Å². The monoisotopic (exact) mass is 629 g/mol. The zero-order valence-corrected chi connectivity index (χ0v) is 29.4. The summed E-state index contributed by atoms with van der Waals surface area (Å²) in [6.45, 7) is 16.8. The van der Waals surface area contributed by atoms with Gasteiger partial charge in [0.2, 0.25) is 0 Å². The third kappa shape index (κ3) is 5.94. The number of nitrogens with zero attached hydrogens (tertiary/aromatic N) is 1. The van der Waals surface area contributed by atoms with E-state index >= 15 is 0 Å². The normalized spacial score (nSPS) is 21.8. The number of hydrogen-bond acceptors (Lipinski definition) is 4. The largest absolute Gasteiger partial charge is 0.494 e. The standard InChI is InChI=1S/C40H49B2NO4/c1-37(2)38(3,4)45-41(44-37)32-20-14-30(15-21-32)35-26-27-36(43(35)34-24-18-29(19-25-34)28-12-10-9-11-13-28)31-16-22-33(23-17-31)42-46-39(5,6)40(7,8)47-42/h14-28H,9-13H2,1-8H3. The van der Waals surface area contributed by atoms with E-state index in [-0.39, 0.29) is 36.6 Å². The second-order valence-electron chi connectivity index (χ2n) is 15.8. The molecule has 2 saturated heterocycles. The molecule has 1 saturated carbocycles. The molecule has 2 aliphatic heterocycles. The van der Waals surface area contributed by atoms with E-state index < -0.39 is 0 Å². The third-order valence-corrected chi connectivity index (χ3v) is 11.6. The fourth-order valence-electron chi connectivity index (χ4n) is 7.08. The number of hydrogen-bond donors (Lipinski definition) is 0. The maximum absolute atomic E-state index is 6.34. The topological polar surface area (TPSA) is 41.9 Å². The average Bonchev–Trinajstić information content (AvgIpc) is 3.65. The molecule has 244 valence electrons. The van der Waals surface area contributed by atoms with E-state index in [9.17, 15) is 0 Å². The average molecular weight is 629 g/mol. The van der Waals surface area contributed by atoms with Crippen LogP contribution in [0, 0.1) is 0 Å². The van der Waals surface area contributed by atoms with Gasteiger partial charge in [-0.1, -0.05) is 79.9 Å². The molecule has 7 heteroatoms. The van der Waals surface area contributed by atoms with E-state index in [0.29, 0.717) is 5.92 Å². The first-order valence-electron chi connectivity index (χ1n) is 17.5. The van der Waals surface area contributed by atoms with Crippen molar-refractivity contribution in [1.82, 2.24) is 4.57 Å². The Labute approximate surface area is 282 Å². The van der Waals surface area contributed by atoms with Crippen LogP contribution in [0.3, 0.4) is 0 Å². The first-order valence-corrected chi connectivity index (χ1v) is 17.5. The SMILES string of the molecule is CC1(C)OB(c2ccc(-c3ccc(-c4ccc(B5OC(C)(C)C(C)(C)O5)cc4)n3-c3ccc(C4CCCCC4)cc3)cc2)OC1(C)C. The zero-order chi connectivity index (χ0) is 33.2. The molecule has 0 amide bonds. The van der Waals surface area contributed by atoms with Gasteiger partial charge in [0.05, 0.1) is 33.8 Å². The summed E-state index contributed by atoms with van der Waals surface area (Å²) < 4.78 is 27.7. The number of rotatable bonds is 6. The summed E-state index contributed by atoms with van der Waals surface area (Å²) in [5, 5.41) is 0. The molecule has 47 heavy (non-hydrogen) atoms. The molecule has 3 aromatic carbocycles. The van der Waals surface area contributed by atoms with Crippen LogP contribution in [-0.4, -0.2) is 41.2 Å². The Hall–Kier alpha value is -3.09. The summed E-state index contributed by atoms with van der Waals surface area (Å²) >= 11 is 0. The molecule has 1 aromatic heterocycles. The van der Waals surface area contributed by atoms with Gasteiger partial charge >= 0.3 is 14.2 Å². The van der Waals surface area contributed by atoms with Gasteiger partial charge in [-0.3, -0.25) is 0 Å². The fraction of sp³-hybridized carbons (Fsp3) is 0.450. The highest BCUT2D eigenvalue weighted by Crippen LogP contribution is 2.39.